The molecule has 1 fully saturated rings. The van der Waals surface area contributed by atoms with Gasteiger partial charge in [-0.25, -0.2) is 0 Å². The summed E-state index contributed by atoms with van der Waals surface area (Å²) < 4.78 is 44.8. The number of carbonyl (C=O) groups excluding carboxylic acids is 1. The van der Waals surface area contributed by atoms with Gasteiger partial charge in [0.25, 0.3) is 0 Å². The minimum Gasteiger partial charge on any atom is -0.385 e. The molecular formula is C14H19ClF3N3O2. The molecule has 0 saturated heterocycles. The molecule has 1 heterocycles. The first kappa shape index (κ1) is 18.1. The molecule has 9 heteroatoms. The Kier molecular flexibility index (Phi) is 5.91. The molecule has 0 bridgehead atoms. The molecule has 1 aliphatic carbocycles. The van der Waals surface area contributed by atoms with Crippen LogP contribution in [0.2, 0.25) is 5.02 Å². The van der Waals surface area contributed by atoms with Gasteiger partial charge in [0.05, 0.1) is 17.3 Å². The SMILES string of the molecule is COCCCNC(=O)CCn1nc(C(F)(F)F)c(Cl)c1C1CC1. The fourth-order valence-corrected chi connectivity index (χ4v) is 2.69. The maximum atomic E-state index is 12.9. The van der Waals surface area contributed by atoms with E-state index in [-0.39, 0.29) is 29.8 Å². The van der Waals surface area contributed by atoms with Gasteiger partial charge in [0.2, 0.25) is 5.91 Å². The minimum absolute atomic E-state index is 0.0101. The third-order valence-electron chi connectivity index (χ3n) is 3.56. The van der Waals surface area contributed by atoms with E-state index in [2.05, 4.69) is 10.4 Å². The number of aromatic nitrogens is 2. The third kappa shape index (κ3) is 4.84. The Labute approximate surface area is 137 Å². The molecule has 1 aliphatic rings. The smallest absolute Gasteiger partial charge is 0.385 e. The molecule has 0 atom stereocenters. The van der Waals surface area contributed by atoms with Crippen molar-refractivity contribution in [1.82, 2.24) is 15.1 Å². The van der Waals surface area contributed by atoms with Crippen LogP contribution >= 0.6 is 11.6 Å². The van der Waals surface area contributed by atoms with Gasteiger partial charge < -0.3 is 10.1 Å². The molecule has 5 nitrogen and oxygen atoms in total. The van der Waals surface area contributed by atoms with Crippen LogP contribution in [-0.2, 0) is 22.3 Å². The van der Waals surface area contributed by atoms with Gasteiger partial charge >= 0.3 is 6.18 Å². The molecule has 1 N–H and O–H groups in total. The number of nitrogens with zero attached hydrogens (tertiary/aromatic N) is 2. The molecule has 0 aromatic carbocycles. The van der Waals surface area contributed by atoms with Crippen LogP contribution in [0.15, 0.2) is 0 Å². The molecule has 1 aromatic heterocycles. The monoisotopic (exact) mass is 353 g/mol. The Morgan fingerprint density at radius 2 is 2.17 bits per heavy atom. The van der Waals surface area contributed by atoms with Crippen LogP contribution in [0.5, 0.6) is 0 Å². The number of carbonyl (C=O) groups is 1. The highest BCUT2D eigenvalue weighted by molar-refractivity contribution is 6.32. The van der Waals surface area contributed by atoms with Gasteiger partial charge in [0.15, 0.2) is 5.69 Å². The first-order valence-electron chi connectivity index (χ1n) is 7.43. The molecule has 130 valence electrons. The summed E-state index contributed by atoms with van der Waals surface area (Å²) in [5.74, 6) is -0.223. The summed E-state index contributed by atoms with van der Waals surface area (Å²) >= 11 is 5.87. The molecule has 23 heavy (non-hydrogen) atoms. The third-order valence-corrected chi connectivity index (χ3v) is 3.93. The van der Waals surface area contributed by atoms with Crippen molar-refractivity contribution in [2.75, 3.05) is 20.3 Å². The fraction of sp³-hybridized carbons (Fsp3) is 0.714. The van der Waals surface area contributed by atoms with E-state index >= 15 is 0 Å². The maximum Gasteiger partial charge on any atom is 0.436 e. The molecule has 1 saturated carbocycles. The molecule has 2 rings (SSSR count). The number of amides is 1. The zero-order valence-corrected chi connectivity index (χ0v) is 13.5. The van der Waals surface area contributed by atoms with Gasteiger partial charge in [-0.3, -0.25) is 9.48 Å². The van der Waals surface area contributed by atoms with Gasteiger partial charge in [-0.2, -0.15) is 18.3 Å². The number of methoxy groups -OCH3 is 1. The molecule has 0 aliphatic heterocycles. The van der Waals surface area contributed by atoms with Crippen molar-refractivity contribution in [3.05, 3.63) is 16.4 Å². The van der Waals surface area contributed by atoms with Gasteiger partial charge in [-0.05, 0) is 19.3 Å². The average Bonchev–Trinajstić information content (AvgIpc) is 3.24. The quantitative estimate of drug-likeness (QED) is 0.731. The van der Waals surface area contributed by atoms with Crippen molar-refractivity contribution in [3.8, 4) is 0 Å². The molecular weight excluding hydrogens is 335 g/mol. The zero-order valence-electron chi connectivity index (χ0n) is 12.7. The Bertz CT molecular complexity index is 556. The van der Waals surface area contributed by atoms with Gasteiger partial charge in [0, 0.05) is 32.6 Å². The van der Waals surface area contributed by atoms with Crippen molar-refractivity contribution in [2.24, 2.45) is 0 Å². The fourth-order valence-electron chi connectivity index (χ4n) is 2.29. The highest BCUT2D eigenvalue weighted by Gasteiger charge is 2.41. The number of rotatable bonds is 8. The normalized spacial score (nSPS) is 15.0. The van der Waals surface area contributed by atoms with Crippen molar-refractivity contribution >= 4 is 17.5 Å². The van der Waals surface area contributed by atoms with E-state index in [0.29, 0.717) is 25.3 Å². The Hall–Kier alpha value is -1.28. The van der Waals surface area contributed by atoms with Crippen molar-refractivity contribution in [3.63, 3.8) is 0 Å². The number of hydrogen-bond acceptors (Lipinski definition) is 3. The largest absolute Gasteiger partial charge is 0.436 e. The summed E-state index contributed by atoms with van der Waals surface area (Å²) in [5, 5.41) is 5.94. The van der Waals surface area contributed by atoms with Crippen molar-refractivity contribution < 1.29 is 22.7 Å². The van der Waals surface area contributed by atoms with Crippen molar-refractivity contribution in [2.45, 2.75) is 44.3 Å². The summed E-state index contributed by atoms with van der Waals surface area (Å²) in [5.41, 5.74) is -0.673. The van der Waals surface area contributed by atoms with E-state index in [0.717, 1.165) is 12.8 Å². The number of hydrogen-bond donors (Lipinski definition) is 1. The molecule has 0 spiro atoms. The lowest BCUT2D eigenvalue weighted by atomic mass is 10.2. The second kappa shape index (κ2) is 7.53. The van der Waals surface area contributed by atoms with Crippen LogP contribution in [0.1, 0.15) is 43.0 Å². The number of nitrogens with one attached hydrogen (secondary N) is 1. The summed E-state index contributed by atoms with van der Waals surface area (Å²) in [6.45, 7) is 1.09. The summed E-state index contributed by atoms with van der Waals surface area (Å²) in [7, 11) is 1.57. The molecule has 0 radical (unpaired) electrons. The lowest BCUT2D eigenvalue weighted by Gasteiger charge is -2.08. The Morgan fingerprint density at radius 1 is 1.48 bits per heavy atom. The van der Waals surface area contributed by atoms with Crippen molar-refractivity contribution in [1.29, 1.82) is 0 Å². The van der Waals surface area contributed by atoms with E-state index in [1.807, 2.05) is 0 Å². The lowest BCUT2D eigenvalue weighted by molar-refractivity contribution is -0.141. The summed E-state index contributed by atoms with van der Waals surface area (Å²) in [6, 6.07) is 0. The first-order valence-corrected chi connectivity index (χ1v) is 7.81. The molecule has 1 aromatic rings. The van der Waals surface area contributed by atoms with Crippen LogP contribution in [0, 0.1) is 0 Å². The van der Waals surface area contributed by atoms with E-state index in [9.17, 15) is 18.0 Å². The van der Waals surface area contributed by atoms with E-state index in [1.54, 1.807) is 7.11 Å². The standard InChI is InChI=1S/C14H19ClF3N3O2/c1-23-8-2-6-19-10(22)5-7-21-12(9-3-4-9)11(15)13(20-21)14(16,17)18/h9H,2-8H2,1H3,(H,19,22). The minimum atomic E-state index is -4.59. The predicted molar refractivity (Wildman–Crippen MR) is 78.3 cm³/mol. The highest BCUT2D eigenvalue weighted by Crippen LogP contribution is 2.46. The van der Waals surface area contributed by atoms with Crippen LogP contribution in [0.4, 0.5) is 13.2 Å². The predicted octanol–water partition coefficient (Wildman–Crippen LogP) is 2.98. The van der Waals surface area contributed by atoms with E-state index < -0.39 is 11.9 Å². The second-order valence-electron chi connectivity index (χ2n) is 5.49. The number of ether oxygens (including phenoxy) is 1. The number of aryl methyl sites for hydroxylation is 1. The number of alkyl halides is 3. The molecule has 1 amide bonds. The van der Waals surface area contributed by atoms with E-state index in [1.165, 1.54) is 4.68 Å². The van der Waals surface area contributed by atoms with Crippen LogP contribution in [-0.4, -0.2) is 35.9 Å². The van der Waals surface area contributed by atoms with Crippen LogP contribution in [0.3, 0.4) is 0 Å². The number of halogens is 4. The van der Waals surface area contributed by atoms with E-state index in [4.69, 9.17) is 16.3 Å². The zero-order chi connectivity index (χ0) is 17.0. The van der Waals surface area contributed by atoms with Gasteiger partial charge in [0.1, 0.15) is 0 Å². The van der Waals surface area contributed by atoms with Crippen LogP contribution in [0.25, 0.3) is 0 Å². The second-order valence-corrected chi connectivity index (χ2v) is 5.87. The highest BCUT2D eigenvalue weighted by atomic mass is 35.5. The average molecular weight is 354 g/mol. The lowest BCUT2D eigenvalue weighted by Crippen LogP contribution is -2.26. The summed E-state index contributed by atoms with van der Waals surface area (Å²) in [4.78, 5) is 11.7. The Balaban J connectivity index is 1.98. The summed E-state index contributed by atoms with van der Waals surface area (Å²) in [6.07, 6.45) is -2.25. The molecule has 0 unspecified atom stereocenters. The maximum absolute atomic E-state index is 12.9. The van der Waals surface area contributed by atoms with Gasteiger partial charge in [-0.15, -0.1) is 0 Å². The first-order chi connectivity index (χ1) is 10.8. The Morgan fingerprint density at radius 3 is 2.74 bits per heavy atom. The van der Waals surface area contributed by atoms with Gasteiger partial charge in [-0.1, -0.05) is 11.6 Å². The topological polar surface area (TPSA) is 56.1 Å². The van der Waals surface area contributed by atoms with Crippen LogP contribution < -0.4 is 5.32 Å².